The molecule has 0 bridgehead atoms. The predicted octanol–water partition coefficient (Wildman–Crippen LogP) is 6.37. The number of carbonyl (C=O) groups is 1. The molecule has 0 amide bonds. The minimum absolute atomic E-state index is 0.135. The van der Waals surface area contributed by atoms with E-state index in [1.165, 1.54) is 0 Å². The van der Waals surface area contributed by atoms with E-state index in [-0.39, 0.29) is 5.78 Å². The summed E-state index contributed by atoms with van der Waals surface area (Å²) in [4.78, 5) is 17.6. The average molecular weight is 535 g/mol. The lowest BCUT2D eigenvalue weighted by Crippen LogP contribution is -2.34. The number of hydrogen-bond donors (Lipinski definition) is 2. The SMILES string of the molecule is CCCC1CC(=O)C2=C(C1)NC(C)=C(C#N)C2c1cc(Br)c(NCc2cccnc2)c(OCC)c1. The Kier molecular flexibility index (Phi) is 7.92. The molecule has 7 heteroatoms. The van der Waals surface area contributed by atoms with Gasteiger partial charge in [-0.1, -0.05) is 19.4 Å². The molecule has 1 aromatic carbocycles. The maximum Gasteiger partial charge on any atom is 0.161 e. The van der Waals surface area contributed by atoms with E-state index >= 15 is 0 Å². The van der Waals surface area contributed by atoms with E-state index in [0.717, 1.165) is 57.5 Å². The molecule has 1 aliphatic carbocycles. The number of benzene rings is 1. The standard InChI is InChI=1S/C28H31BrN4O2/c1-4-7-18-10-23-27(24(34)11-18)26(21(14-30)17(3)33-23)20-12-22(29)28(25(13-20)35-5-2)32-16-19-8-6-9-31-15-19/h6,8-9,12-13,15,18,26,32-33H,4-5,7,10-11,16H2,1-3H3. The fourth-order valence-electron chi connectivity index (χ4n) is 5.12. The topological polar surface area (TPSA) is 87.0 Å². The highest BCUT2D eigenvalue weighted by Gasteiger charge is 2.38. The second kappa shape index (κ2) is 11.1. The fourth-order valence-corrected chi connectivity index (χ4v) is 5.72. The van der Waals surface area contributed by atoms with Crippen LogP contribution in [-0.4, -0.2) is 17.4 Å². The van der Waals surface area contributed by atoms with E-state index in [0.29, 0.717) is 36.8 Å². The van der Waals surface area contributed by atoms with E-state index in [9.17, 15) is 10.1 Å². The molecular formula is C28H31BrN4O2. The Hall–Kier alpha value is -3.11. The van der Waals surface area contributed by atoms with Crippen LogP contribution in [0.1, 0.15) is 63.5 Å². The summed E-state index contributed by atoms with van der Waals surface area (Å²) in [5.74, 6) is 0.758. The van der Waals surface area contributed by atoms with Gasteiger partial charge in [-0.2, -0.15) is 5.26 Å². The van der Waals surface area contributed by atoms with Crippen LogP contribution in [-0.2, 0) is 11.3 Å². The molecule has 0 spiro atoms. The summed E-state index contributed by atoms with van der Waals surface area (Å²) in [7, 11) is 0. The molecule has 0 saturated heterocycles. The van der Waals surface area contributed by atoms with Gasteiger partial charge in [-0.15, -0.1) is 0 Å². The van der Waals surface area contributed by atoms with E-state index in [2.05, 4.69) is 44.5 Å². The van der Waals surface area contributed by atoms with E-state index < -0.39 is 5.92 Å². The van der Waals surface area contributed by atoms with Gasteiger partial charge >= 0.3 is 0 Å². The first-order chi connectivity index (χ1) is 17.0. The third kappa shape index (κ3) is 5.28. The summed E-state index contributed by atoms with van der Waals surface area (Å²) in [6.07, 6.45) is 7.03. The Morgan fingerprint density at radius 2 is 2.14 bits per heavy atom. The molecular weight excluding hydrogens is 504 g/mol. The van der Waals surface area contributed by atoms with Crippen molar-refractivity contribution in [3.05, 3.63) is 74.8 Å². The van der Waals surface area contributed by atoms with Crippen molar-refractivity contribution in [2.24, 2.45) is 5.92 Å². The largest absolute Gasteiger partial charge is 0.492 e. The molecule has 0 fully saturated rings. The minimum Gasteiger partial charge on any atom is -0.492 e. The molecule has 2 N–H and O–H groups in total. The number of ketones is 1. The second-order valence-electron chi connectivity index (χ2n) is 9.11. The molecule has 2 aliphatic rings. The number of pyridine rings is 1. The normalized spacial score (nSPS) is 19.7. The summed E-state index contributed by atoms with van der Waals surface area (Å²) in [6.45, 7) is 7.11. The van der Waals surface area contributed by atoms with Crippen LogP contribution in [0.25, 0.3) is 0 Å². The Labute approximate surface area is 215 Å². The van der Waals surface area contributed by atoms with Crippen molar-refractivity contribution in [2.45, 2.75) is 58.9 Å². The molecule has 4 rings (SSSR count). The molecule has 0 saturated carbocycles. The van der Waals surface area contributed by atoms with Gasteiger partial charge in [0.05, 0.1) is 29.9 Å². The maximum absolute atomic E-state index is 13.4. The summed E-state index contributed by atoms with van der Waals surface area (Å²) in [6, 6.07) is 10.3. The number of nitrogens with one attached hydrogen (secondary N) is 2. The number of nitrogens with zero attached hydrogens (tertiary/aromatic N) is 2. The number of hydrogen-bond acceptors (Lipinski definition) is 6. The first kappa shape index (κ1) is 25.0. The van der Waals surface area contributed by atoms with Crippen LogP contribution in [0.3, 0.4) is 0 Å². The Morgan fingerprint density at radius 1 is 1.31 bits per heavy atom. The van der Waals surface area contributed by atoms with Crippen molar-refractivity contribution in [3.8, 4) is 11.8 Å². The predicted molar refractivity (Wildman–Crippen MR) is 141 cm³/mol. The lowest BCUT2D eigenvalue weighted by atomic mass is 9.72. The number of ether oxygens (including phenoxy) is 1. The molecule has 0 radical (unpaired) electrons. The quantitative estimate of drug-likeness (QED) is 0.408. The molecule has 2 aromatic rings. The fraction of sp³-hybridized carbons (Fsp3) is 0.393. The van der Waals surface area contributed by atoms with Crippen molar-refractivity contribution >= 4 is 27.4 Å². The molecule has 1 aromatic heterocycles. The molecule has 2 heterocycles. The zero-order valence-corrected chi connectivity index (χ0v) is 22.0. The number of halogens is 1. The van der Waals surface area contributed by atoms with Gasteiger partial charge in [0.2, 0.25) is 0 Å². The van der Waals surface area contributed by atoms with Gasteiger partial charge < -0.3 is 15.4 Å². The van der Waals surface area contributed by atoms with Crippen LogP contribution < -0.4 is 15.4 Å². The molecule has 182 valence electrons. The third-order valence-corrected chi connectivity index (χ3v) is 7.26. The first-order valence-corrected chi connectivity index (χ1v) is 13.0. The maximum atomic E-state index is 13.4. The summed E-state index contributed by atoms with van der Waals surface area (Å²) in [5, 5.41) is 16.9. The smallest absolute Gasteiger partial charge is 0.161 e. The third-order valence-electron chi connectivity index (χ3n) is 6.63. The van der Waals surface area contributed by atoms with Crippen molar-refractivity contribution in [2.75, 3.05) is 11.9 Å². The zero-order chi connectivity index (χ0) is 24.9. The van der Waals surface area contributed by atoms with E-state index in [1.807, 2.05) is 44.3 Å². The average Bonchev–Trinajstić information content (AvgIpc) is 2.83. The van der Waals surface area contributed by atoms with Crippen LogP contribution in [0.5, 0.6) is 5.75 Å². The monoisotopic (exact) mass is 534 g/mol. The van der Waals surface area contributed by atoms with Gasteiger partial charge in [-0.25, -0.2) is 0 Å². The lowest BCUT2D eigenvalue weighted by Gasteiger charge is -2.35. The number of Topliss-reactive ketones (excluding diaryl/α,β-unsaturated/α-hetero) is 1. The van der Waals surface area contributed by atoms with Crippen molar-refractivity contribution in [1.82, 2.24) is 10.3 Å². The van der Waals surface area contributed by atoms with Crippen LogP contribution in [0.15, 0.2) is 63.7 Å². The summed E-state index contributed by atoms with van der Waals surface area (Å²) >= 11 is 3.72. The molecule has 2 atom stereocenters. The molecule has 2 unspecified atom stereocenters. The Bertz CT molecular complexity index is 1210. The van der Waals surface area contributed by atoms with Gasteiger partial charge in [-0.3, -0.25) is 9.78 Å². The molecule has 6 nitrogen and oxygen atoms in total. The van der Waals surface area contributed by atoms with Gasteiger partial charge in [0.25, 0.3) is 0 Å². The highest BCUT2D eigenvalue weighted by Crippen LogP contribution is 2.46. The number of allylic oxidation sites excluding steroid dienone is 4. The van der Waals surface area contributed by atoms with Crippen LogP contribution in [0.2, 0.25) is 0 Å². The highest BCUT2D eigenvalue weighted by atomic mass is 79.9. The number of rotatable bonds is 8. The highest BCUT2D eigenvalue weighted by molar-refractivity contribution is 9.10. The van der Waals surface area contributed by atoms with E-state index in [4.69, 9.17) is 4.74 Å². The first-order valence-electron chi connectivity index (χ1n) is 12.2. The lowest BCUT2D eigenvalue weighted by molar-refractivity contribution is -0.117. The zero-order valence-electron chi connectivity index (χ0n) is 20.5. The van der Waals surface area contributed by atoms with Crippen molar-refractivity contribution in [3.63, 3.8) is 0 Å². The number of dihydropyridines is 1. The van der Waals surface area contributed by atoms with E-state index in [1.54, 1.807) is 6.20 Å². The molecule has 1 aliphatic heterocycles. The van der Waals surface area contributed by atoms with Crippen molar-refractivity contribution in [1.29, 1.82) is 5.26 Å². The number of carbonyl (C=O) groups excluding carboxylic acids is 1. The van der Waals surface area contributed by atoms with Crippen LogP contribution in [0.4, 0.5) is 5.69 Å². The molecule has 35 heavy (non-hydrogen) atoms. The van der Waals surface area contributed by atoms with Crippen LogP contribution >= 0.6 is 15.9 Å². The Morgan fingerprint density at radius 3 is 2.83 bits per heavy atom. The van der Waals surface area contributed by atoms with Crippen molar-refractivity contribution < 1.29 is 9.53 Å². The number of anilines is 1. The van der Waals surface area contributed by atoms with Gasteiger partial charge in [0, 0.05) is 46.8 Å². The number of aromatic nitrogens is 1. The second-order valence-corrected chi connectivity index (χ2v) is 9.96. The van der Waals surface area contributed by atoms with Gasteiger partial charge in [0.15, 0.2) is 5.78 Å². The van der Waals surface area contributed by atoms with Gasteiger partial charge in [-0.05, 0) is 77.9 Å². The minimum atomic E-state index is -0.408. The van der Waals surface area contributed by atoms with Crippen LogP contribution in [0, 0.1) is 17.2 Å². The number of nitriles is 1. The summed E-state index contributed by atoms with van der Waals surface area (Å²) in [5.41, 5.74) is 5.85. The van der Waals surface area contributed by atoms with Gasteiger partial charge in [0.1, 0.15) is 5.75 Å². The summed E-state index contributed by atoms with van der Waals surface area (Å²) < 4.78 is 6.85. The Balaban J connectivity index is 1.75.